The maximum Gasteiger partial charge on any atom is 0.417 e. The molecule has 2 aliphatic heterocycles. The third kappa shape index (κ3) is 7.09. The first-order valence-corrected chi connectivity index (χ1v) is 12.4. The molecule has 4 atom stereocenters. The molecule has 11 nitrogen and oxygen atoms in total. The highest BCUT2D eigenvalue weighted by atomic mass is 79.9. The number of amides is 2. The molecule has 2 rings (SSSR count). The number of methoxy groups -OCH3 is 1. The Labute approximate surface area is 213 Å². The van der Waals surface area contributed by atoms with Gasteiger partial charge in [-0.25, -0.2) is 9.69 Å². The van der Waals surface area contributed by atoms with Crippen LogP contribution in [-0.4, -0.2) is 103 Å². The molecule has 35 heavy (non-hydrogen) atoms. The van der Waals surface area contributed by atoms with Crippen molar-refractivity contribution < 1.29 is 48.3 Å². The molecule has 1 saturated heterocycles. The minimum atomic E-state index is -1.89. The second kappa shape index (κ2) is 12.7. The van der Waals surface area contributed by atoms with Crippen molar-refractivity contribution >= 4 is 33.7 Å². The number of cyclic esters (lactones) is 1. The van der Waals surface area contributed by atoms with Gasteiger partial charge in [-0.05, 0) is 48.2 Å². The second-order valence-corrected chi connectivity index (χ2v) is 10.1. The Hall–Kier alpha value is -1.41. The number of imide groups is 1. The van der Waals surface area contributed by atoms with E-state index in [2.05, 4.69) is 15.9 Å². The molecule has 0 aromatic rings. The summed E-state index contributed by atoms with van der Waals surface area (Å²) in [6.07, 6.45) is -2.19. The van der Waals surface area contributed by atoms with Gasteiger partial charge in [0.25, 0.3) is 5.91 Å². The van der Waals surface area contributed by atoms with Crippen LogP contribution in [0.3, 0.4) is 0 Å². The standard InChI is InChI=1S/C23H36BrNO10/c1-14(2)19-22(3,4)35-21(29)25(19)20(28)18(31-5)17-15(27)13-16(24)23(30,34-17)7-6-9-32-11-12-33-10-8-26/h13-14,17-19,26,30H,6-12H2,1-5H3/t17-,18-,19-,23+/m0/s1. The largest absolute Gasteiger partial charge is 0.441 e. The van der Waals surface area contributed by atoms with Crippen molar-refractivity contribution in [2.24, 2.45) is 5.92 Å². The fourth-order valence-corrected chi connectivity index (χ4v) is 4.93. The van der Waals surface area contributed by atoms with Crippen molar-refractivity contribution in [2.45, 2.75) is 70.2 Å². The molecule has 0 radical (unpaired) electrons. The summed E-state index contributed by atoms with van der Waals surface area (Å²) in [5.74, 6) is -3.39. The summed E-state index contributed by atoms with van der Waals surface area (Å²) >= 11 is 3.19. The molecule has 12 heteroatoms. The van der Waals surface area contributed by atoms with Crippen molar-refractivity contribution in [3.8, 4) is 0 Å². The van der Waals surface area contributed by atoms with E-state index in [-0.39, 0.29) is 36.6 Å². The predicted molar refractivity (Wildman–Crippen MR) is 127 cm³/mol. The molecule has 200 valence electrons. The van der Waals surface area contributed by atoms with Crippen molar-refractivity contribution in [1.82, 2.24) is 4.90 Å². The lowest BCUT2D eigenvalue weighted by Gasteiger charge is -2.38. The zero-order valence-corrected chi connectivity index (χ0v) is 22.4. The monoisotopic (exact) mass is 565 g/mol. The molecule has 0 saturated carbocycles. The maximum atomic E-state index is 13.4. The molecule has 2 aliphatic rings. The Bertz CT molecular complexity index is 801. The first-order chi connectivity index (χ1) is 16.4. The summed E-state index contributed by atoms with van der Waals surface area (Å²) in [5, 5.41) is 19.8. The van der Waals surface area contributed by atoms with Crippen LogP contribution in [0.4, 0.5) is 4.79 Å². The molecule has 0 aromatic carbocycles. The highest BCUT2D eigenvalue weighted by Crippen LogP contribution is 2.38. The molecular formula is C23H36BrNO10. The molecular weight excluding hydrogens is 530 g/mol. The summed E-state index contributed by atoms with van der Waals surface area (Å²) in [6.45, 7) is 8.24. The van der Waals surface area contributed by atoms with Crippen LogP contribution in [0.25, 0.3) is 0 Å². The smallest absolute Gasteiger partial charge is 0.417 e. The van der Waals surface area contributed by atoms with Gasteiger partial charge in [0.1, 0.15) is 5.60 Å². The van der Waals surface area contributed by atoms with Gasteiger partial charge in [-0.15, -0.1) is 0 Å². The van der Waals surface area contributed by atoms with Gasteiger partial charge < -0.3 is 33.9 Å². The second-order valence-electron chi connectivity index (χ2n) is 9.29. The normalized spacial score (nSPS) is 27.2. The number of halogens is 1. The number of rotatable bonds is 13. The lowest BCUT2D eigenvalue weighted by Crippen LogP contribution is -2.58. The summed E-state index contributed by atoms with van der Waals surface area (Å²) in [5.41, 5.74) is -0.927. The molecule has 2 amide bonds. The molecule has 1 fully saturated rings. The van der Waals surface area contributed by atoms with E-state index in [9.17, 15) is 19.5 Å². The summed E-state index contributed by atoms with van der Waals surface area (Å²) in [7, 11) is 1.23. The van der Waals surface area contributed by atoms with Gasteiger partial charge in [0.05, 0.1) is 37.0 Å². The third-order valence-corrected chi connectivity index (χ3v) is 6.68. The highest BCUT2D eigenvalue weighted by molar-refractivity contribution is 9.11. The number of hydrogen-bond acceptors (Lipinski definition) is 10. The number of carbonyl (C=O) groups is 3. The van der Waals surface area contributed by atoms with Crippen molar-refractivity contribution in [2.75, 3.05) is 40.1 Å². The number of ketones is 1. The highest BCUT2D eigenvalue weighted by Gasteiger charge is 2.55. The number of nitrogens with zero attached hydrogens (tertiary/aromatic N) is 1. The van der Waals surface area contributed by atoms with Crippen LogP contribution in [0.15, 0.2) is 10.6 Å². The molecule has 0 spiro atoms. The molecule has 2 heterocycles. The van der Waals surface area contributed by atoms with Gasteiger partial charge >= 0.3 is 6.09 Å². The number of hydrogen-bond donors (Lipinski definition) is 2. The van der Waals surface area contributed by atoms with Crippen LogP contribution < -0.4 is 0 Å². The van der Waals surface area contributed by atoms with Crippen molar-refractivity contribution in [3.05, 3.63) is 10.6 Å². The SMILES string of the molecule is CO[C@H](C(=O)N1C(=O)OC(C)(C)[C@@H]1C(C)C)[C@H]1O[C@](O)(CCCOCCOCCO)C(Br)=CC1=O. The Morgan fingerprint density at radius 2 is 1.83 bits per heavy atom. The lowest BCUT2D eigenvalue weighted by molar-refractivity contribution is -0.227. The van der Waals surface area contributed by atoms with Crippen molar-refractivity contribution in [1.29, 1.82) is 0 Å². The first kappa shape index (κ1) is 29.8. The summed E-state index contributed by atoms with van der Waals surface area (Å²) in [4.78, 5) is 39.8. The van der Waals surface area contributed by atoms with Crippen LogP contribution >= 0.6 is 15.9 Å². The van der Waals surface area contributed by atoms with Crippen molar-refractivity contribution in [3.63, 3.8) is 0 Å². The fraction of sp³-hybridized carbons (Fsp3) is 0.783. The average molecular weight is 566 g/mol. The average Bonchev–Trinajstić information content (AvgIpc) is 3.02. The van der Waals surface area contributed by atoms with Crippen LogP contribution in [0.2, 0.25) is 0 Å². The van der Waals surface area contributed by atoms with E-state index in [1.165, 1.54) is 7.11 Å². The van der Waals surface area contributed by atoms with Crippen LogP contribution in [0.1, 0.15) is 40.5 Å². The van der Waals surface area contributed by atoms with Crippen LogP contribution in [0, 0.1) is 5.92 Å². The minimum absolute atomic E-state index is 0.0589. The van der Waals surface area contributed by atoms with Gasteiger partial charge in [0.15, 0.2) is 23.8 Å². The summed E-state index contributed by atoms with van der Waals surface area (Å²) < 4.78 is 27.1. The molecule has 0 aromatic heterocycles. The third-order valence-electron chi connectivity index (χ3n) is 5.84. The summed E-state index contributed by atoms with van der Waals surface area (Å²) in [6, 6.07) is -0.585. The minimum Gasteiger partial charge on any atom is -0.441 e. The van der Waals surface area contributed by atoms with Gasteiger partial charge in [-0.3, -0.25) is 9.59 Å². The van der Waals surface area contributed by atoms with Crippen LogP contribution in [-0.2, 0) is 33.3 Å². The quantitative estimate of drug-likeness (QED) is 0.315. The zero-order valence-electron chi connectivity index (χ0n) is 20.8. The van der Waals surface area contributed by atoms with E-state index in [4.69, 9.17) is 28.8 Å². The Kier molecular flexibility index (Phi) is 10.8. The van der Waals surface area contributed by atoms with E-state index >= 15 is 0 Å². The van der Waals surface area contributed by atoms with Crippen LogP contribution in [0.5, 0.6) is 0 Å². The van der Waals surface area contributed by atoms with E-state index < -0.39 is 47.4 Å². The number of carbonyl (C=O) groups excluding carboxylic acids is 3. The van der Waals surface area contributed by atoms with Gasteiger partial charge in [0, 0.05) is 20.1 Å². The maximum absolute atomic E-state index is 13.4. The van der Waals surface area contributed by atoms with Gasteiger partial charge in [-0.1, -0.05) is 13.8 Å². The van der Waals surface area contributed by atoms with E-state index in [0.29, 0.717) is 19.6 Å². The molecule has 2 N–H and O–H groups in total. The van der Waals surface area contributed by atoms with Gasteiger partial charge in [-0.2, -0.15) is 0 Å². The Morgan fingerprint density at radius 3 is 2.40 bits per heavy atom. The fourth-order valence-electron chi connectivity index (χ4n) is 4.41. The van der Waals surface area contributed by atoms with Gasteiger partial charge in [0.2, 0.25) is 0 Å². The Balaban J connectivity index is 2.10. The van der Waals surface area contributed by atoms with E-state index in [0.717, 1.165) is 11.0 Å². The zero-order chi connectivity index (χ0) is 26.4. The van der Waals surface area contributed by atoms with E-state index in [1.54, 1.807) is 13.8 Å². The molecule has 0 unspecified atom stereocenters. The topological polar surface area (TPSA) is 141 Å². The Morgan fingerprint density at radius 1 is 1.20 bits per heavy atom. The lowest BCUT2D eigenvalue weighted by atomic mass is 9.88. The molecule has 0 bridgehead atoms. The van der Waals surface area contributed by atoms with E-state index in [1.807, 2.05) is 13.8 Å². The number of ether oxygens (including phenoxy) is 5. The first-order valence-electron chi connectivity index (χ1n) is 11.6. The number of aliphatic hydroxyl groups excluding tert-OH is 1. The predicted octanol–water partition coefficient (Wildman–Crippen LogP) is 1.52. The number of aliphatic hydroxyl groups is 2. The molecule has 0 aliphatic carbocycles.